The summed E-state index contributed by atoms with van der Waals surface area (Å²) in [5.41, 5.74) is 6.63. The van der Waals surface area contributed by atoms with Gasteiger partial charge in [0.15, 0.2) is 0 Å². The van der Waals surface area contributed by atoms with Crippen LogP contribution in [-0.2, 0) is 10.0 Å². The van der Waals surface area contributed by atoms with Crippen molar-refractivity contribution < 1.29 is 8.42 Å². The zero-order valence-corrected chi connectivity index (χ0v) is 10.4. The van der Waals surface area contributed by atoms with Crippen LogP contribution in [0.2, 0.25) is 0 Å². The van der Waals surface area contributed by atoms with Crippen LogP contribution in [0.15, 0.2) is 41.4 Å². The van der Waals surface area contributed by atoms with Crippen molar-refractivity contribution >= 4 is 21.7 Å². The van der Waals surface area contributed by atoms with Gasteiger partial charge in [0.1, 0.15) is 0 Å². The monoisotopic (exact) mass is 263 g/mol. The molecule has 1 aromatic carbocycles. The van der Waals surface area contributed by atoms with E-state index in [2.05, 4.69) is 14.7 Å². The average Bonchev–Trinajstić information content (AvgIpc) is 2.29. The molecule has 0 amide bonds. The lowest BCUT2D eigenvalue weighted by Crippen LogP contribution is -2.00. The molecular weight excluding hydrogens is 252 g/mol. The van der Waals surface area contributed by atoms with Crippen molar-refractivity contribution in [3.05, 3.63) is 46.9 Å². The predicted octanol–water partition coefficient (Wildman–Crippen LogP) is 1.76. The van der Waals surface area contributed by atoms with Crippen LogP contribution >= 0.6 is 0 Å². The molecule has 0 aliphatic rings. The first-order valence-corrected chi connectivity index (χ1v) is 6.54. The molecular formula is C11H11N4O2S-. The molecule has 2 N–H and O–H groups in total. The molecule has 0 aliphatic heterocycles. The van der Waals surface area contributed by atoms with Crippen LogP contribution < -0.4 is 5.73 Å². The molecule has 0 aliphatic carbocycles. The second-order valence-corrected chi connectivity index (χ2v) is 5.24. The molecule has 1 heterocycles. The number of aromatic nitrogens is 2. The Hall–Kier alpha value is -2.15. The maximum atomic E-state index is 11.9. The molecule has 0 spiro atoms. The van der Waals surface area contributed by atoms with Gasteiger partial charge >= 0.3 is 0 Å². The van der Waals surface area contributed by atoms with Gasteiger partial charge in [-0.15, -0.1) is 0 Å². The van der Waals surface area contributed by atoms with Gasteiger partial charge in [-0.1, -0.05) is 6.07 Å². The van der Waals surface area contributed by atoms with Gasteiger partial charge in [0, 0.05) is 11.6 Å². The molecule has 0 saturated carbocycles. The Morgan fingerprint density at radius 1 is 1.17 bits per heavy atom. The summed E-state index contributed by atoms with van der Waals surface area (Å²) in [5.74, 6) is -0.0770. The number of anilines is 1. The fourth-order valence-corrected chi connectivity index (χ4v) is 2.17. The highest BCUT2D eigenvalue weighted by Crippen LogP contribution is 2.24. The third-order valence-corrected chi connectivity index (χ3v) is 3.43. The summed E-state index contributed by atoms with van der Waals surface area (Å²) in [7, 11) is -3.80. The van der Waals surface area contributed by atoms with Crippen LogP contribution in [0.25, 0.3) is 4.72 Å². The minimum absolute atomic E-state index is 0.0572. The molecule has 0 atom stereocenters. The van der Waals surface area contributed by atoms with E-state index in [9.17, 15) is 8.42 Å². The first-order chi connectivity index (χ1) is 8.47. The molecule has 0 radical (unpaired) electrons. The lowest BCUT2D eigenvalue weighted by Gasteiger charge is -2.13. The average molecular weight is 263 g/mol. The number of nitrogens with zero attached hydrogens (tertiary/aromatic N) is 3. The zero-order chi connectivity index (χ0) is 13.2. The summed E-state index contributed by atoms with van der Waals surface area (Å²) in [4.78, 5) is 7.76. The van der Waals surface area contributed by atoms with Crippen molar-refractivity contribution in [2.24, 2.45) is 0 Å². The van der Waals surface area contributed by atoms with Crippen LogP contribution in [0.1, 0.15) is 5.69 Å². The van der Waals surface area contributed by atoms with Gasteiger partial charge in [-0.3, -0.25) is 4.72 Å². The largest absolute Gasteiger partial charge is 0.399 e. The van der Waals surface area contributed by atoms with E-state index in [0.29, 0.717) is 11.4 Å². The molecule has 0 bridgehead atoms. The fraction of sp³-hybridized carbons (Fsp3) is 0.0909. The van der Waals surface area contributed by atoms with E-state index in [0.717, 1.165) is 0 Å². The topological polar surface area (TPSA) is 100 Å². The second-order valence-electron chi connectivity index (χ2n) is 3.63. The van der Waals surface area contributed by atoms with Crippen molar-refractivity contribution in [3.63, 3.8) is 0 Å². The van der Waals surface area contributed by atoms with Crippen LogP contribution in [0.3, 0.4) is 0 Å². The lowest BCUT2D eigenvalue weighted by molar-refractivity contribution is 0.603. The predicted molar refractivity (Wildman–Crippen MR) is 67.8 cm³/mol. The van der Waals surface area contributed by atoms with E-state index in [1.807, 2.05) is 0 Å². The van der Waals surface area contributed by atoms with Crippen molar-refractivity contribution in [1.29, 1.82) is 0 Å². The van der Waals surface area contributed by atoms with E-state index in [4.69, 9.17) is 5.73 Å². The Morgan fingerprint density at radius 2 is 1.83 bits per heavy atom. The minimum atomic E-state index is -3.80. The number of nitrogen functional groups attached to an aromatic ring is 1. The van der Waals surface area contributed by atoms with E-state index in [1.165, 1.54) is 30.5 Å². The smallest absolute Gasteiger partial charge is 0.229 e. The molecule has 1 aromatic heterocycles. The molecule has 7 heteroatoms. The summed E-state index contributed by atoms with van der Waals surface area (Å²) in [6, 6.07) is 7.45. The summed E-state index contributed by atoms with van der Waals surface area (Å²) in [6.45, 7) is 1.73. The summed E-state index contributed by atoms with van der Waals surface area (Å²) in [5, 5.41) is 0. The van der Waals surface area contributed by atoms with E-state index < -0.39 is 10.0 Å². The molecule has 0 unspecified atom stereocenters. The third-order valence-electron chi connectivity index (χ3n) is 2.16. The summed E-state index contributed by atoms with van der Waals surface area (Å²) in [6.07, 6.45) is 1.46. The number of sulfonamides is 1. The number of hydrogen-bond acceptors (Lipinski definition) is 5. The number of rotatable bonds is 3. The van der Waals surface area contributed by atoms with Crippen LogP contribution in [0.4, 0.5) is 11.6 Å². The molecule has 0 fully saturated rings. The second kappa shape index (κ2) is 4.61. The fourth-order valence-electron chi connectivity index (χ4n) is 1.28. The van der Waals surface area contributed by atoms with Crippen LogP contribution in [0.5, 0.6) is 0 Å². The quantitative estimate of drug-likeness (QED) is 0.850. The van der Waals surface area contributed by atoms with Crippen LogP contribution in [-0.4, -0.2) is 18.4 Å². The maximum Gasteiger partial charge on any atom is 0.229 e. The highest BCUT2D eigenvalue weighted by molar-refractivity contribution is 7.94. The van der Waals surface area contributed by atoms with E-state index in [1.54, 1.807) is 13.0 Å². The lowest BCUT2D eigenvalue weighted by atomic mass is 10.3. The molecule has 6 nitrogen and oxygen atoms in total. The van der Waals surface area contributed by atoms with Gasteiger partial charge in [0.05, 0.1) is 4.90 Å². The Morgan fingerprint density at radius 3 is 2.44 bits per heavy atom. The highest BCUT2D eigenvalue weighted by Gasteiger charge is 2.11. The van der Waals surface area contributed by atoms with Gasteiger partial charge in [-0.25, -0.2) is 8.42 Å². The third kappa shape index (κ3) is 2.75. The highest BCUT2D eigenvalue weighted by atomic mass is 32.2. The Balaban J connectivity index is 2.30. The van der Waals surface area contributed by atoms with Crippen molar-refractivity contribution in [2.75, 3.05) is 5.73 Å². The van der Waals surface area contributed by atoms with Gasteiger partial charge in [0.25, 0.3) is 0 Å². The van der Waals surface area contributed by atoms with Crippen molar-refractivity contribution in [2.45, 2.75) is 11.8 Å². The number of aryl methyl sites for hydroxylation is 1. The number of benzene rings is 1. The minimum Gasteiger partial charge on any atom is -0.399 e. The van der Waals surface area contributed by atoms with Crippen molar-refractivity contribution in [3.8, 4) is 0 Å². The molecule has 94 valence electrons. The van der Waals surface area contributed by atoms with Gasteiger partial charge in [0.2, 0.25) is 10.0 Å². The maximum absolute atomic E-state index is 11.9. The zero-order valence-electron chi connectivity index (χ0n) is 9.61. The number of hydrogen-bond donors (Lipinski definition) is 1. The normalized spacial score (nSPS) is 11.2. The van der Waals surface area contributed by atoms with Gasteiger partial charge in [-0.2, -0.15) is 0 Å². The molecule has 0 saturated heterocycles. The van der Waals surface area contributed by atoms with E-state index >= 15 is 0 Å². The van der Waals surface area contributed by atoms with Crippen LogP contribution in [0, 0.1) is 6.92 Å². The van der Waals surface area contributed by atoms with E-state index in [-0.39, 0.29) is 10.8 Å². The first kappa shape index (κ1) is 12.3. The summed E-state index contributed by atoms with van der Waals surface area (Å²) < 4.78 is 27.4. The Kier molecular flexibility index (Phi) is 3.15. The number of nitrogens with two attached hydrogens (primary N) is 1. The Bertz CT molecular complexity index is 653. The standard InChI is InChI=1S/C11H11N4O2S/c1-8-6-7-13-11(14-8)15-18(16,17)10-4-2-9(12)3-5-10/h2-7H,12H2,1H3/q-1. The molecule has 18 heavy (non-hydrogen) atoms. The van der Waals surface area contributed by atoms with Crippen molar-refractivity contribution in [1.82, 2.24) is 9.97 Å². The van der Waals surface area contributed by atoms with Gasteiger partial charge < -0.3 is 15.7 Å². The summed E-state index contributed by atoms with van der Waals surface area (Å²) >= 11 is 0. The molecule has 2 aromatic rings. The first-order valence-electron chi connectivity index (χ1n) is 5.10. The van der Waals surface area contributed by atoms with Gasteiger partial charge in [-0.05, 0) is 43.1 Å². The molecule has 2 rings (SSSR count). The Labute approximate surface area is 105 Å². The SMILES string of the molecule is Cc1ccnc([N-]S(=O)(=O)c2ccc(N)cc2)n1.